The minimum Gasteiger partial charge on any atom is -0.458 e. The summed E-state index contributed by atoms with van der Waals surface area (Å²) in [6, 6.07) is 0. The SMILES string of the molecule is CC[C@@H]1C=CC=CC[C@H](C)[C@@H](C)[C@](C)(O)C(=O)[C@H](C)[C@@H](O)[C@H](C)C(=O)[C@H](C)[C@@H](O)[C@H](C)C=CC(=O)O[C@H]2[C@@H](C)[C@@H](CC1)O[C@@]1(CC[C@@H](C)[C@@H](C[C@H](C)O)O1)[C@@H]2CC. The molecule has 0 aromatic carbocycles. The fourth-order valence-electron chi connectivity index (χ4n) is 9.52. The fraction of sp³-hybridized carbons (Fsp3) is 0.809. The number of rotatable bonds is 4. The highest BCUT2D eigenvalue weighted by molar-refractivity contribution is 5.91. The maximum absolute atomic E-state index is 13.7. The van der Waals surface area contributed by atoms with Crippen LogP contribution in [0.3, 0.4) is 0 Å². The van der Waals surface area contributed by atoms with E-state index in [4.69, 9.17) is 14.2 Å². The Labute approximate surface area is 343 Å². The van der Waals surface area contributed by atoms with Gasteiger partial charge in [-0.3, -0.25) is 9.59 Å². The summed E-state index contributed by atoms with van der Waals surface area (Å²) in [5, 5.41) is 44.4. The predicted molar refractivity (Wildman–Crippen MR) is 223 cm³/mol. The van der Waals surface area contributed by atoms with Crippen molar-refractivity contribution in [2.45, 2.75) is 182 Å². The van der Waals surface area contributed by atoms with Crippen LogP contribution in [0.5, 0.6) is 0 Å². The van der Waals surface area contributed by atoms with Gasteiger partial charge in [-0.05, 0) is 82.5 Å². The Morgan fingerprint density at radius 1 is 0.825 bits per heavy atom. The molecule has 10 heteroatoms. The van der Waals surface area contributed by atoms with Gasteiger partial charge in [0.25, 0.3) is 0 Å². The largest absolute Gasteiger partial charge is 0.458 e. The standard InChI is InChI=1S/C47H78O10/c1-13-36-19-17-15-16-18-27(3)35(11)46(12,54)45(53)34(10)43(52)33(9)42(51)32(8)41(50)29(5)20-23-40(49)55-44-31(7)38(22-21-36)56-47(37(44)14-2)25-24-28(4)39(57-47)26-30(6)48/h15-17,19-20,23,27-39,41,43-44,48,50,52,54H,13-14,18,21-22,24-26H2,1-12H3/t27-,28+,29+,30-,31-,32+,33+,34+,35+,36+,37+,38+,39+,41-,43-,44-,46-,47+/m0/s1. The van der Waals surface area contributed by atoms with Crippen LogP contribution in [0.25, 0.3) is 0 Å². The molecule has 18 atom stereocenters. The maximum atomic E-state index is 13.7. The first-order chi connectivity index (χ1) is 26.6. The zero-order valence-electron chi connectivity index (χ0n) is 37.1. The second kappa shape index (κ2) is 21.4. The molecule has 3 aliphatic rings. The molecule has 3 rings (SSSR count). The summed E-state index contributed by atoms with van der Waals surface area (Å²) in [6.07, 6.45) is 12.9. The maximum Gasteiger partial charge on any atom is 0.330 e. The third-order valence-corrected chi connectivity index (χ3v) is 14.3. The molecule has 2 bridgehead atoms. The van der Waals surface area contributed by atoms with Gasteiger partial charge in [0.2, 0.25) is 0 Å². The predicted octanol–water partition coefficient (Wildman–Crippen LogP) is 7.55. The van der Waals surface area contributed by atoms with Crippen LogP contribution >= 0.6 is 0 Å². The molecule has 2 fully saturated rings. The Kier molecular flexibility index (Phi) is 18.4. The van der Waals surface area contributed by atoms with Crippen molar-refractivity contribution >= 4 is 17.5 Å². The lowest BCUT2D eigenvalue weighted by Gasteiger charge is -2.56. The quantitative estimate of drug-likeness (QED) is 0.209. The minimum atomic E-state index is -1.74. The van der Waals surface area contributed by atoms with E-state index < -0.39 is 82.9 Å². The molecule has 0 saturated carbocycles. The minimum absolute atomic E-state index is 0.0568. The Balaban J connectivity index is 2.02. The topological polar surface area (TPSA) is 160 Å². The van der Waals surface area contributed by atoms with E-state index in [0.29, 0.717) is 25.7 Å². The second-order valence-corrected chi connectivity index (χ2v) is 18.5. The molecule has 0 radical (unpaired) electrons. The highest BCUT2D eigenvalue weighted by atomic mass is 16.7. The van der Waals surface area contributed by atoms with Crippen molar-refractivity contribution in [3.05, 3.63) is 36.5 Å². The first kappa shape index (κ1) is 49.2. The summed E-state index contributed by atoms with van der Waals surface area (Å²) < 4.78 is 20.3. The van der Waals surface area contributed by atoms with Crippen molar-refractivity contribution in [3.63, 3.8) is 0 Å². The van der Waals surface area contributed by atoms with Crippen molar-refractivity contribution in [3.8, 4) is 0 Å². The summed E-state index contributed by atoms with van der Waals surface area (Å²) in [5.41, 5.74) is -1.74. The Bertz CT molecular complexity index is 1400. The van der Waals surface area contributed by atoms with E-state index in [1.165, 1.54) is 26.8 Å². The summed E-state index contributed by atoms with van der Waals surface area (Å²) in [4.78, 5) is 40.9. The molecule has 0 aromatic rings. The van der Waals surface area contributed by atoms with Crippen molar-refractivity contribution < 1.29 is 49.0 Å². The Morgan fingerprint density at radius 2 is 1.47 bits per heavy atom. The Hall–Kier alpha value is -2.21. The van der Waals surface area contributed by atoms with Crippen LogP contribution in [0.15, 0.2) is 36.5 Å². The highest BCUT2D eigenvalue weighted by Gasteiger charge is 2.57. The third-order valence-electron chi connectivity index (χ3n) is 14.3. The van der Waals surface area contributed by atoms with Crippen LogP contribution < -0.4 is 0 Å². The smallest absolute Gasteiger partial charge is 0.330 e. The number of Topliss-reactive ketones (excluding diaryl/α,β-unsaturated/α-hetero) is 2. The normalized spacial score (nSPS) is 44.5. The second-order valence-electron chi connectivity index (χ2n) is 18.5. The molecule has 10 nitrogen and oxygen atoms in total. The number of hydrogen-bond donors (Lipinski definition) is 4. The zero-order valence-corrected chi connectivity index (χ0v) is 37.1. The van der Waals surface area contributed by atoms with E-state index in [0.717, 1.165) is 25.7 Å². The lowest BCUT2D eigenvalue weighted by atomic mass is 9.72. The first-order valence-electron chi connectivity index (χ1n) is 22.1. The van der Waals surface area contributed by atoms with Crippen LogP contribution in [-0.2, 0) is 28.6 Å². The van der Waals surface area contributed by atoms with Gasteiger partial charge < -0.3 is 34.6 Å². The third kappa shape index (κ3) is 12.0. The molecule has 1 spiro atoms. The van der Waals surface area contributed by atoms with Crippen molar-refractivity contribution in [1.82, 2.24) is 0 Å². The molecule has 0 aliphatic carbocycles. The number of ether oxygens (including phenoxy) is 3. The fourth-order valence-corrected chi connectivity index (χ4v) is 9.52. The molecule has 0 unspecified atom stereocenters. The van der Waals surface area contributed by atoms with Gasteiger partial charge in [-0.15, -0.1) is 0 Å². The van der Waals surface area contributed by atoms with Gasteiger partial charge >= 0.3 is 5.97 Å². The molecule has 4 N–H and O–H groups in total. The lowest BCUT2D eigenvalue weighted by Crippen LogP contribution is -2.63. The van der Waals surface area contributed by atoms with E-state index in [-0.39, 0.29) is 41.8 Å². The zero-order chi connectivity index (χ0) is 43.0. The Morgan fingerprint density at radius 3 is 2.09 bits per heavy atom. The van der Waals surface area contributed by atoms with E-state index >= 15 is 0 Å². The van der Waals surface area contributed by atoms with Gasteiger partial charge in [0, 0.05) is 42.1 Å². The number of aliphatic hydroxyl groups excluding tert-OH is 3. The van der Waals surface area contributed by atoms with Gasteiger partial charge in [0.1, 0.15) is 17.5 Å². The van der Waals surface area contributed by atoms with Crippen LogP contribution in [0, 0.1) is 59.2 Å². The molecule has 3 heterocycles. The number of ketones is 2. The van der Waals surface area contributed by atoms with Gasteiger partial charge in [0.05, 0.1) is 36.4 Å². The number of hydrogen-bond acceptors (Lipinski definition) is 10. The molecular formula is C47H78O10. The van der Waals surface area contributed by atoms with Crippen molar-refractivity contribution in [2.75, 3.05) is 0 Å². The number of esters is 1. The van der Waals surface area contributed by atoms with Gasteiger partial charge in [-0.2, -0.15) is 0 Å². The summed E-state index contributed by atoms with van der Waals surface area (Å²) in [5.74, 6) is -6.42. The summed E-state index contributed by atoms with van der Waals surface area (Å²) in [6.45, 7) is 21.9. The van der Waals surface area contributed by atoms with Crippen LogP contribution in [0.1, 0.15) is 134 Å². The monoisotopic (exact) mass is 803 g/mol. The first-order valence-corrected chi connectivity index (χ1v) is 22.1. The molecule has 0 amide bonds. The highest BCUT2D eigenvalue weighted by Crippen LogP contribution is 2.50. The molecular weight excluding hydrogens is 725 g/mol. The van der Waals surface area contributed by atoms with E-state index in [1.54, 1.807) is 26.8 Å². The van der Waals surface area contributed by atoms with E-state index in [1.807, 2.05) is 26.0 Å². The summed E-state index contributed by atoms with van der Waals surface area (Å²) in [7, 11) is 0. The molecule has 2 saturated heterocycles. The lowest BCUT2D eigenvalue weighted by molar-refractivity contribution is -0.374. The van der Waals surface area contributed by atoms with Crippen LogP contribution in [-0.4, -0.2) is 86.0 Å². The molecule has 0 aromatic heterocycles. The van der Waals surface area contributed by atoms with Gasteiger partial charge in [0.15, 0.2) is 11.6 Å². The molecule has 3 aliphatic heterocycles. The van der Waals surface area contributed by atoms with Crippen molar-refractivity contribution in [1.29, 1.82) is 0 Å². The van der Waals surface area contributed by atoms with Crippen molar-refractivity contribution in [2.24, 2.45) is 59.2 Å². The number of carbonyl (C=O) groups is 3. The van der Waals surface area contributed by atoms with Crippen LogP contribution in [0.2, 0.25) is 0 Å². The number of aliphatic hydroxyl groups is 4. The van der Waals surface area contributed by atoms with Gasteiger partial charge in [-0.25, -0.2) is 4.79 Å². The van der Waals surface area contributed by atoms with E-state index in [9.17, 15) is 34.8 Å². The van der Waals surface area contributed by atoms with Gasteiger partial charge in [-0.1, -0.05) is 99.6 Å². The molecule has 326 valence electrons. The van der Waals surface area contributed by atoms with Crippen LogP contribution in [0.4, 0.5) is 0 Å². The number of allylic oxidation sites excluding steroid dienone is 4. The molecule has 57 heavy (non-hydrogen) atoms. The number of fused-ring (bicyclic) bond motifs is 2. The number of carbonyl (C=O) groups excluding carboxylic acids is 3. The van der Waals surface area contributed by atoms with E-state index in [2.05, 4.69) is 39.8 Å². The summed E-state index contributed by atoms with van der Waals surface area (Å²) >= 11 is 0. The average molecular weight is 803 g/mol. The average Bonchev–Trinajstić information content (AvgIpc) is 3.17.